The fraction of sp³-hybridized carbons (Fsp3) is 0.296. The number of pyridine rings is 1. The molecule has 7 nitrogen and oxygen atoms in total. The van der Waals surface area contributed by atoms with Gasteiger partial charge in [-0.15, -0.1) is 4.40 Å². The van der Waals surface area contributed by atoms with Crippen LogP contribution in [-0.2, 0) is 14.8 Å². The molecule has 0 aliphatic carbocycles. The lowest BCUT2D eigenvalue weighted by Gasteiger charge is -2.38. The summed E-state index contributed by atoms with van der Waals surface area (Å²) in [5.74, 6) is -0.922. The van der Waals surface area contributed by atoms with Crippen LogP contribution in [0.2, 0.25) is 0 Å². The zero-order valence-corrected chi connectivity index (χ0v) is 20.7. The molecule has 0 bridgehead atoms. The minimum atomic E-state index is -4.02. The topological polar surface area (TPSA) is 113 Å². The second-order valence-electron chi connectivity index (χ2n) is 9.18. The molecule has 0 fully saturated rings. The zero-order valence-electron chi connectivity index (χ0n) is 19.9. The molecule has 0 radical (unpaired) electrons. The van der Waals surface area contributed by atoms with E-state index in [1.54, 1.807) is 74.6 Å². The Bertz CT molecular complexity index is 1430. The monoisotopic (exact) mass is 507 g/mol. The minimum absolute atomic E-state index is 0.00427. The maximum Gasteiger partial charge on any atom is 0.267 e. The predicted octanol–water partition coefficient (Wildman–Crippen LogP) is 4.89. The highest BCUT2D eigenvalue weighted by atomic mass is 32.2. The number of ether oxygens (including phenoxy) is 1. The van der Waals surface area contributed by atoms with Crippen LogP contribution in [-0.4, -0.2) is 36.6 Å². The van der Waals surface area contributed by atoms with E-state index in [1.165, 1.54) is 6.07 Å². The molecule has 186 valence electrons. The number of aliphatic hydroxyl groups is 1. The molecule has 0 amide bonds. The summed E-state index contributed by atoms with van der Waals surface area (Å²) in [6.45, 7) is 3.18. The molecule has 2 heterocycles. The third-order valence-electron chi connectivity index (χ3n) is 6.20. The Morgan fingerprint density at radius 3 is 2.50 bits per heavy atom. The van der Waals surface area contributed by atoms with Crippen LogP contribution in [0.1, 0.15) is 54.7 Å². The van der Waals surface area contributed by atoms with Gasteiger partial charge in [-0.2, -0.15) is 5.26 Å². The second-order valence-corrected chi connectivity index (χ2v) is 10.9. The van der Waals surface area contributed by atoms with Crippen molar-refractivity contribution in [3.63, 3.8) is 0 Å². The maximum absolute atomic E-state index is 14.4. The van der Waals surface area contributed by atoms with E-state index in [0.29, 0.717) is 11.1 Å². The minimum Gasteiger partial charge on any atom is -0.472 e. The van der Waals surface area contributed by atoms with Crippen molar-refractivity contribution < 1.29 is 22.7 Å². The van der Waals surface area contributed by atoms with Crippen molar-refractivity contribution in [3.05, 3.63) is 89.5 Å². The lowest BCUT2D eigenvalue weighted by molar-refractivity contribution is 0.0797. The van der Waals surface area contributed by atoms with Gasteiger partial charge in [-0.05, 0) is 66.6 Å². The quantitative estimate of drug-likeness (QED) is 0.487. The first-order valence-corrected chi connectivity index (χ1v) is 13.0. The fourth-order valence-corrected chi connectivity index (χ4v) is 6.41. The summed E-state index contributed by atoms with van der Waals surface area (Å²) in [7, 11) is -4.02. The summed E-state index contributed by atoms with van der Waals surface area (Å²) in [6.07, 6.45) is 1.82. The summed E-state index contributed by atoms with van der Waals surface area (Å²) >= 11 is 0. The number of rotatable bonds is 7. The number of benzene rings is 2. The number of nitrogens with zero attached hydrogens (tertiary/aromatic N) is 3. The normalized spacial score (nSPS) is 19.0. The van der Waals surface area contributed by atoms with Crippen LogP contribution < -0.4 is 0 Å². The Kier molecular flexibility index (Phi) is 7.20. The summed E-state index contributed by atoms with van der Waals surface area (Å²) in [5.41, 5.74) is 1.63. The van der Waals surface area contributed by atoms with Crippen molar-refractivity contribution in [2.24, 2.45) is 4.40 Å². The zero-order chi connectivity index (χ0) is 25.9. The van der Waals surface area contributed by atoms with Crippen LogP contribution in [0, 0.1) is 17.1 Å². The number of hydrogen-bond acceptors (Lipinski definition) is 6. The number of halogens is 1. The molecule has 1 aliphatic rings. The van der Waals surface area contributed by atoms with Crippen molar-refractivity contribution >= 4 is 15.9 Å². The third-order valence-corrected chi connectivity index (χ3v) is 8.10. The van der Waals surface area contributed by atoms with Gasteiger partial charge in [0.15, 0.2) is 0 Å². The van der Waals surface area contributed by atoms with Crippen LogP contribution in [0.4, 0.5) is 4.39 Å². The molecular weight excluding hydrogens is 481 g/mol. The van der Waals surface area contributed by atoms with Gasteiger partial charge in [0.2, 0.25) is 5.90 Å². The average Bonchev–Trinajstić information content (AvgIpc) is 2.83. The smallest absolute Gasteiger partial charge is 0.267 e. The molecule has 0 saturated heterocycles. The molecule has 0 saturated carbocycles. The first-order chi connectivity index (χ1) is 17.1. The molecule has 36 heavy (non-hydrogen) atoms. The highest BCUT2D eigenvalue weighted by molar-refractivity contribution is 7.90. The van der Waals surface area contributed by atoms with Gasteiger partial charge in [0.1, 0.15) is 28.4 Å². The third kappa shape index (κ3) is 5.30. The second kappa shape index (κ2) is 10.2. The molecule has 1 aromatic heterocycles. The number of aromatic nitrogens is 1. The van der Waals surface area contributed by atoms with E-state index in [9.17, 15) is 17.9 Å². The van der Waals surface area contributed by atoms with Crippen molar-refractivity contribution in [3.8, 4) is 17.2 Å². The Morgan fingerprint density at radius 2 is 1.86 bits per heavy atom. The van der Waals surface area contributed by atoms with Gasteiger partial charge in [0.05, 0.1) is 0 Å². The number of hydrogen-bond donors (Lipinski definition) is 1. The molecule has 2 atom stereocenters. The highest BCUT2D eigenvalue weighted by Gasteiger charge is 2.47. The van der Waals surface area contributed by atoms with Gasteiger partial charge in [-0.3, -0.25) is 0 Å². The molecule has 3 aromatic rings. The fourth-order valence-electron chi connectivity index (χ4n) is 4.64. The lowest BCUT2D eigenvalue weighted by atomic mass is 9.91. The van der Waals surface area contributed by atoms with Crippen LogP contribution in [0.25, 0.3) is 11.1 Å². The van der Waals surface area contributed by atoms with Gasteiger partial charge in [-0.1, -0.05) is 42.5 Å². The Morgan fingerprint density at radius 1 is 1.14 bits per heavy atom. The predicted molar refractivity (Wildman–Crippen MR) is 134 cm³/mol. The highest BCUT2D eigenvalue weighted by Crippen LogP contribution is 2.42. The van der Waals surface area contributed by atoms with E-state index >= 15 is 0 Å². The molecule has 4 rings (SSSR count). The van der Waals surface area contributed by atoms with Gasteiger partial charge < -0.3 is 9.84 Å². The Labute approximate surface area is 210 Å². The Balaban J connectivity index is 1.63. The lowest BCUT2D eigenvalue weighted by Crippen LogP contribution is -2.43. The van der Waals surface area contributed by atoms with Crippen LogP contribution in [0.3, 0.4) is 0 Å². The molecule has 1 N–H and O–H groups in total. The summed E-state index contributed by atoms with van der Waals surface area (Å²) in [5, 5.41) is 17.5. The van der Waals surface area contributed by atoms with Crippen LogP contribution >= 0.6 is 0 Å². The molecule has 0 unspecified atom stereocenters. The number of nitriles is 1. The standard InChI is InChI=1S/C27H26FN3O4S/c1-27(2)26(19-9-7-18(8-10-19)20-11-13-30-22(15-20)17-29)36(33,34)31-25(35-27)16-21(12-14-32)23-5-3-4-6-24(23)28/h3-11,13,15,21,26,32H,12,14,16H2,1-2H3/t21-,26-/m1/s1. The molecular formula is C27H26FN3O4S. The van der Waals surface area contributed by atoms with E-state index < -0.39 is 32.6 Å². The molecule has 1 aliphatic heterocycles. The largest absolute Gasteiger partial charge is 0.472 e. The molecule has 9 heteroatoms. The SMILES string of the molecule is CC1(C)OC(C[C@@H](CCO)c2ccccc2F)=NS(=O)(=O)[C@@H]1c1ccc(-c2ccnc(C#N)c2)cc1. The van der Waals surface area contributed by atoms with E-state index in [2.05, 4.69) is 9.38 Å². The summed E-state index contributed by atoms with van der Waals surface area (Å²) < 4.78 is 51.2. The van der Waals surface area contributed by atoms with Crippen LogP contribution in [0.5, 0.6) is 0 Å². The van der Waals surface area contributed by atoms with Gasteiger partial charge in [0, 0.05) is 19.2 Å². The summed E-state index contributed by atoms with van der Waals surface area (Å²) in [6, 6.07) is 18.6. The van der Waals surface area contributed by atoms with Gasteiger partial charge in [-0.25, -0.2) is 17.8 Å². The molecule has 0 spiro atoms. The number of sulfonamides is 1. The first kappa shape index (κ1) is 25.5. The number of aliphatic hydroxyl groups excluding tert-OH is 1. The molecule has 2 aromatic carbocycles. The summed E-state index contributed by atoms with van der Waals surface area (Å²) in [4.78, 5) is 3.97. The Hall–Kier alpha value is -3.61. The first-order valence-electron chi connectivity index (χ1n) is 11.5. The van der Waals surface area contributed by atoms with Crippen LogP contribution in [0.15, 0.2) is 71.3 Å². The van der Waals surface area contributed by atoms with E-state index in [-0.39, 0.29) is 31.0 Å². The van der Waals surface area contributed by atoms with E-state index in [0.717, 1.165) is 11.1 Å². The van der Waals surface area contributed by atoms with Crippen molar-refractivity contribution in [2.75, 3.05) is 6.61 Å². The van der Waals surface area contributed by atoms with Crippen molar-refractivity contribution in [2.45, 2.75) is 43.5 Å². The van der Waals surface area contributed by atoms with E-state index in [4.69, 9.17) is 10.00 Å². The van der Waals surface area contributed by atoms with Gasteiger partial charge in [0.25, 0.3) is 10.0 Å². The van der Waals surface area contributed by atoms with Gasteiger partial charge >= 0.3 is 0 Å². The average molecular weight is 508 g/mol. The van der Waals surface area contributed by atoms with Crippen molar-refractivity contribution in [1.82, 2.24) is 4.98 Å². The maximum atomic E-state index is 14.4. The van der Waals surface area contributed by atoms with E-state index in [1.807, 2.05) is 6.07 Å². The van der Waals surface area contributed by atoms with Crippen molar-refractivity contribution in [1.29, 1.82) is 5.26 Å².